The second-order valence-electron chi connectivity index (χ2n) is 6.60. The molecule has 0 aromatic carbocycles. The van der Waals surface area contributed by atoms with Gasteiger partial charge in [-0.15, -0.1) is 0 Å². The van der Waals surface area contributed by atoms with Crippen LogP contribution < -0.4 is 11.1 Å². The number of rotatable bonds is 7. The summed E-state index contributed by atoms with van der Waals surface area (Å²) < 4.78 is 26.6. The summed E-state index contributed by atoms with van der Waals surface area (Å²) in [7, 11) is -3.77. The van der Waals surface area contributed by atoms with Crippen molar-refractivity contribution in [2.75, 3.05) is 13.1 Å². The predicted octanol–water partition coefficient (Wildman–Crippen LogP) is 0.229. The van der Waals surface area contributed by atoms with Crippen molar-refractivity contribution < 1.29 is 18.3 Å². The van der Waals surface area contributed by atoms with Gasteiger partial charge in [0.1, 0.15) is 0 Å². The lowest BCUT2D eigenvalue weighted by atomic mass is 10.1. The minimum Gasteiger partial charge on any atom is -0.390 e. The molecule has 1 saturated heterocycles. The first-order valence-corrected chi connectivity index (χ1v) is 10.5. The third-order valence-corrected chi connectivity index (χ3v) is 6.33. The van der Waals surface area contributed by atoms with Gasteiger partial charge >= 0.3 is 0 Å². The zero-order valence-electron chi connectivity index (χ0n) is 15.0. The number of β-amino-alcohol motifs (C(OH)–C–C–N with tert-alkyl or cyclic N) is 1. The first-order valence-electron chi connectivity index (χ1n) is 9.01. The molecule has 8 nitrogen and oxygen atoms in total. The highest BCUT2D eigenvalue weighted by molar-refractivity contribution is 7.89. The largest absolute Gasteiger partial charge is 0.390 e. The fourth-order valence-corrected chi connectivity index (χ4v) is 4.40. The van der Waals surface area contributed by atoms with Gasteiger partial charge < -0.3 is 16.2 Å². The van der Waals surface area contributed by atoms with Crippen LogP contribution in [0.2, 0.25) is 0 Å². The summed E-state index contributed by atoms with van der Waals surface area (Å²) in [5.74, 6) is -0.302. The van der Waals surface area contributed by atoms with Gasteiger partial charge in [0.2, 0.25) is 5.91 Å². The molecular formula is C17H28N4O4S. The van der Waals surface area contributed by atoms with Crippen LogP contribution in [-0.2, 0) is 14.8 Å². The zero-order chi connectivity index (χ0) is 19.2. The van der Waals surface area contributed by atoms with Crippen LogP contribution in [0.3, 0.4) is 0 Å². The Morgan fingerprint density at radius 3 is 2.92 bits per heavy atom. The maximum Gasteiger partial charge on any atom is 0.260 e. The standard InChI is InChI=1S/C17H28N4O4S/c1-2-3-7-13(18)17(23)20-14-8-6-11-21(12-15(14)22)26(24,25)16-9-4-5-10-19-16/h4-5,9-10,13-15,22H,2-3,6-8,11-12,18H2,1H3,(H,20,23)/t13-,14?,15?/m0/s1. The smallest absolute Gasteiger partial charge is 0.260 e. The van der Waals surface area contributed by atoms with Crippen LogP contribution in [0, 0.1) is 0 Å². The van der Waals surface area contributed by atoms with Gasteiger partial charge in [0, 0.05) is 19.3 Å². The van der Waals surface area contributed by atoms with E-state index in [1.165, 1.54) is 16.6 Å². The average Bonchev–Trinajstić information content (AvgIpc) is 2.82. The van der Waals surface area contributed by atoms with Gasteiger partial charge in [-0.3, -0.25) is 4.79 Å². The van der Waals surface area contributed by atoms with Crippen molar-refractivity contribution in [3.8, 4) is 0 Å². The summed E-state index contributed by atoms with van der Waals surface area (Å²) in [5.41, 5.74) is 5.87. The van der Waals surface area contributed by atoms with Gasteiger partial charge in [0.05, 0.1) is 18.2 Å². The maximum absolute atomic E-state index is 12.7. The Bertz CT molecular complexity index is 683. The Hall–Kier alpha value is -1.55. The normalized spacial score (nSPS) is 23.2. The molecule has 1 aliphatic rings. The second kappa shape index (κ2) is 9.40. The molecule has 9 heteroatoms. The molecule has 2 heterocycles. The fourth-order valence-electron chi connectivity index (χ4n) is 2.97. The summed E-state index contributed by atoms with van der Waals surface area (Å²) in [6.45, 7) is 2.20. The van der Waals surface area contributed by atoms with Gasteiger partial charge in [-0.1, -0.05) is 25.8 Å². The van der Waals surface area contributed by atoms with Crippen molar-refractivity contribution in [1.82, 2.24) is 14.6 Å². The third-order valence-electron chi connectivity index (χ3n) is 4.55. The minimum absolute atomic E-state index is 0.0451. The van der Waals surface area contributed by atoms with Crippen LogP contribution in [-0.4, -0.2) is 60.0 Å². The number of pyridine rings is 1. The number of nitrogens with one attached hydrogen (secondary N) is 1. The molecule has 146 valence electrons. The van der Waals surface area contributed by atoms with E-state index in [1.807, 2.05) is 6.92 Å². The Morgan fingerprint density at radius 2 is 2.27 bits per heavy atom. The van der Waals surface area contributed by atoms with E-state index in [-0.39, 0.29) is 24.0 Å². The highest BCUT2D eigenvalue weighted by Crippen LogP contribution is 2.19. The number of nitrogens with zero attached hydrogens (tertiary/aromatic N) is 2. The van der Waals surface area contributed by atoms with E-state index in [1.54, 1.807) is 12.1 Å². The summed E-state index contributed by atoms with van der Waals surface area (Å²) in [5, 5.41) is 13.2. The summed E-state index contributed by atoms with van der Waals surface area (Å²) in [4.78, 5) is 16.1. The van der Waals surface area contributed by atoms with E-state index >= 15 is 0 Å². The van der Waals surface area contributed by atoms with Crippen LogP contribution in [0.15, 0.2) is 29.4 Å². The van der Waals surface area contributed by atoms with Gasteiger partial charge in [-0.25, -0.2) is 13.4 Å². The number of amides is 1. The minimum atomic E-state index is -3.77. The molecule has 1 amide bonds. The van der Waals surface area contributed by atoms with E-state index in [0.717, 1.165) is 12.8 Å². The number of hydrogen-bond donors (Lipinski definition) is 3. The number of hydrogen-bond acceptors (Lipinski definition) is 6. The van der Waals surface area contributed by atoms with E-state index < -0.39 is 28.2 Å². The number of nitrogens with two attached hydrogens (primary N) is 1. The molecule has 0 spiro atoms. The SMILES string of the molecule is CCCC[C@H](N)C(=O)NC1CCCN(S(=O)(=O)c2ccccn2)CC1O. The molecule has 4 N–H and O–H groups in total. The summed E-state index contributed by atoms with van der Waals surface area (Å²) >= 11 is 0. The van der Waals surface area contributed by atoms with E-state index in [0.29, 0.717) is 19.3 Å². The van der Waals surface area contributed by atoms with Crippen LogP contribution in [0.1, 0.15) is 39.0 Å². The Kier molecular flexibility index (Phi) is 7.51. The molecule has 1 aromatic heterocycles. The molecule has 26 heavy (non-hydrogen) atoms. The zero-order valence-corrected chi connectivity index (χ0v) is 15.9. The Labute approximate surface area is 154 Å². The molecule has 0 saturated carbocycles. The molecule has 0 aliphatic carbocycles. The monoisotopic (exact) mass is 384 g/mol. The first kappa shape index (κ1) is 20.8. The number of carbonyl (C=O) groups is 1. The van der Waals surface area contributed by atoms with Gasteiger partial charge in [-0.2, -0.15) is 4.31 Å². The highest BCUT2D eigenvalue weighted by atomic mass is 32.2. The molecule has 2 unspecified atom stereocenters. The lowest BCUT2D eigenvalue weighted by molar-refractivity contribution is -0.124. The number of unbranched alkanes of at least 4 members (excludes halogenated alkanes) is 1. The summed E-state index contributed by atoms with van der Waals surface area (Å²) in [6, 6.07) is 3.55. The van der Waals surface area contributed by atoms with Crippen molar-refractivity contribution in [3.05, 3.63) is 24.4 Å². The molecule has 1 aromatic rings. The maximum atomic E-state index is 12.7. The van der Waals surface area contributed by atoms with E-state index in [2.05, 4.69) is 10.3 Å². The molecule has 2 rings (SSSR count). The predicted molar refractivity (Wildman–Crippen MR) is 97.7 cm³/mol. The molecule has 0 radical (unpaired) electrons. The van der Waals surface area contributed by atoms with E-state index in [9.17, 15) is 18.3 Å². The first-order chi connectivity index (χ1) is 12.4. The molecular weight excluding hydrogens is 356 g/mol. The lowest BCUT2D eigenvalue weighted by Crippen LogP contribution is -2.51. The van der Waals surface area contributed by atoms with Crippen LogP contribution in [0.5, 0.6) is 0 Å². The van der Waals surface area contributed by atoms with Crippen molar-refractivity contribution in [1.29, 1.82) is 0 Å². The van der Waals surface area contributed by atoms with E-state index in [4.69, 9.17) is 5.73 Å². The molecule has 3 atom stereocenters. The van der Waals surface area contributed by atoms with Crippen molar-refractivity contribution in [3.63, 3.8) is 0 Å². The summed E-state index contributed by atoms with van der Waals surface area (Å²) in [6.07, 6.45) is 3.83. The van der Waals surface area contributed by atoms with Gasteiger partial charge in [0.25, 0.3) is 10.0 Å². The van der Waals surface area contributed by atoms with Gasteiger partial charge in [0.15, 0.2) is 5.03 Å². The average molecular weight is 385 g/mol. The van der Waals surface area contributed by atoms with Crippen LogP contribution in [0.25, 0.3) is 0 Å². The van der Waals surface area contributed by atoms with Crippen molar-refractivity contribution >= 4 is 15.9 Å². The fraction of sp³-hybridized carbons (Fsp3) is 0.647. The number of carbonyl (C=O) groups excluding carboxylic acids is 1. The van der Waals surface area contributed by atoms with Crippen LogP contribution >= 0.6 is 0 Å². The number of sulfonamides is 1. The van der Waals surface area contributed by atoms with Crippen molar-refractivity contribution in [2.45, 2.75) is 62.2 Å². The second-order valence-corrected chi connectivity index (χ2v) is 8.49. The molecule has 1 aliphatic heterocycles. The highest BCUT2D eigenvalue weighted by Gasteiger charge is 2.34. The number of aliphatic hydroxyl groups excluding tert-OH is 1. The number of aliphatic hydroxyl groups is 1. The Morgan fingerprint density at radius 1 is 1.50 bits per heavy atom. The quantitative estimate of drug-likeness (QED) is 0.618. The molecule has 1 fully saturated rings. The number of aromatic nitrogens is 1. The van der Waals surface area contributed by atoms with Crippen molar-refractivity contribution in [2.24, 2.45) is 5.73 Å². The Balaban J connectivity index is 2.02. The molecule has 0 bridgehead atoms. The topological polar surface area (TPSA) is 126 Å². The third kappa shape index (κ3) is 5.23. The van der Waals surface area contributed by atoms with Gasteiger partial charge in [-0.05, 0) is 31.4 Å². The lowest BCUT2D eigenvalue weighted by Gasteiger charge is -2.25. The van der Waals surface area contributed by atoms with Crippen LogP contribution in [0.4, 0.5) is 0 Å².